The molecule has 18 heavy (non-hydrogen) atoms. The van der Waals surface area contributed by atoms with Crippen molar-refractivity contribution >= 4 is 6.03 Å². The van der Waals surface area contributed by atoms with Crippen molar-refractivity contribution in [3.05, 3.63) is 0 Å². The molecule has 0 spiro atoms. The number of carbonyl (C=O) groups is 1. The molecule has 0 heterocycles. The minimum Gasteiger partial charge on any atom is -0.390 e. The Labute approximate surface area is 108 Å². The van der Waals surface area contributed by atoms with Gasteiger partial charge in [-0.15, -0.1) is 0 Å². The molecule has 1 aliphatic carbocycles. The summed E-state index contributed by atoms with van der Waals surface area (Å²) in [5.74, 6) is -0.148. The number of hydrogen-bond donors (Lipinski definition) is 4. The van der Waals surface area contributed by atoms with E-state index in [4.69, 9.17) is 4.74 Å². The molecule has 4 atom stereocenters. The first kappa shape index (κ1) is 15.2. The molecular weight excluding hydrogens is 236 g/mol. The quantitative estimate of drug-likeness (QED) is 0.567. The number of rotatable bonds is 3. The van der Waals surface area contributed by atoms with Crippen LogP contribution in [0.25, 0.3) is 0 Å². The van der Waals surface area contributed by atoms with E-state index in [-0.39, 0.29) is 17.5 Å². The number of amides is 2. The van der Waals surface area contributed by atoms with Crippen LogP contribution < -0.4 is 10.6 Å². The number of aliphatic hydroxyl groups is 2. The van der Waals surface area contributed by atoms with Gasteiger partial charge in [-0.2, -0.15) is 0 Å². The molecular formula is C12H24N2O4. The maximum absolute atomic E-state index is 11.7. The zero-order valence-corrected chi connectivity index (χ0v) is 11.4. The molecule has 4 N–H and O–H groups in total. The summed E-state index contributed by atoms with van der Waals surface area (Å²) in [5.41, 5.74) is -0.335. The molecule has 0 aliphatic heterocycles. The van der Waals surface area contributed by atoms with Gasteiger partial charge in [0.2, 0.25) is 0 Å². The molecule has 6 heteroatoms. The van der Waals surface area contributed by atoms with Crippen LogP contribution in [-0.2, 0) is 4.74 Å². The first-order valence-corrected chi connectivity index (χ1v) is 6.18. The van der Waals surface area contributed by atoms with E-state index in [9.17, 15) is 15.0 Å². The van der Waals surface area contributed by atoms with E-state index in [1.807, 2.05) is 20.8 Å². The van der Waals surface area contributed by atoms with Gasteiger partial charge in [0.15, 0.2) is 0 Å². The molecule has 0 unspecified atom stereocenters. The molecule has 1 saturated carbocycles. The largest absolute Gasteiger partial charge is 0.390 e. The lowest BCUT2D eigenvalue weighted by molar-refractivity contribution is -0.00503. The van der Waals surface area contributed by atoms with Crippen LogP contribution >= 0.6 is 0 Å². The maximum Gasteiger partial charge on any atom is 0.315 e. The molecule has 0 aromatic carbocycles. The van der Waals surface area contributed by atoms with Crippen molar-refractivity contribution in [3.8, 4) is 0 Å². The zero-order chi connectivity index (χ0) is 13.9. The van der Waals surface area contributed by atoms with Crippen molar-refractivity contribution in [3.63, 3.8) is 0 Å². The molecule has 106 valence electrons. The second-order valence-electron chi connectivity index (χ2n) is 5.89. The predicted octanol–water partition coefficient (Wildman–Crippen LogP) is -0.159. The molecule has 2 amide bonds. The Morgan fingerprint density at radius 1 is 1.33 bits per heavy atom. The highest BCUT2D eigenvalue weighted by atomic mass is 16.5. The van der Waals surface area contributed by atoms with Gasteiger partial charge in [0.25, 0.3) is 0 Å². The van der Waals surface area contributed by atoms with Gasteiger partial charge in [0.05, 0.1) is 18.8 Å². The van der Waals surface area contributed by atoms with Crippen molar-refractivity contribution in [2.75, 3.05) is 13.7 Å². The van der Waals surface area contributed by atoms with Gasteiger partial charge in [0, 0.05) is 18.6 Å². The molecule has 1 fully saturated rings. The third kappa shape index (κ3) is 4.12. The fourth-order valence-corrected chi connectivity index (χ4v) is 2.19. The fraction of sp³-hybridized carbons (Fsp3) is 0.917. The van der Waals surface area contributed by atoms with Crippen LogP contribution in [0.3, 0.4) is 0 Å². The van der Waals surface area contributed by atoms with E-state index in [2.05, 4.69) is 10.6 Å². The van der Waals surface area contributed by atoms with Crippen molar-refractivity contribution in [2.45, 2.75) is 51.0 Å². The fourth-order valence-electron chi connectivity index (χ4n) is 2.19. The van der Waals surface area contributed by atoms with Crippen molar-refractivity contribution in [1.29, 1.82) is 0 Å². The first-order valence-electron chi connectivity index (χ1n) is 6.18. The summed E-state index contributed by atoms with van der Waals surface area (Å²) in [5, 5.41) is 25.1. The number of hydrogen-bond acceptors (Lipinski definition) is 4. The van der Waals surface area contributed by atoms with Crippen LogP contribution in [0.1, 0.15) is 27.2 Å². The van der Waals surface area contributed by atoms with Crippen LogP contribution in [-0.4, -0.2) is 53.7 Å². The Bertz CT molecular complexity index is 290. The third-order valence-electron chi connectivity index (χ3n) is 2.99. The van der Waals surface area contributed by atoms with E-state index in [0.29, 0.717) is 13.0 Å². The van der Waals surface area contributed by atoms with Crippen LogP contribution in [0.15, 0.2) is 0 Å². The summed E-state index contributed by atoms with van der Waals surface area (Å²) in [6, 6.07) is -0.778. The second kappa shape index (κ2) is 5.86. The molecule has 0 radical (unpaired) electrons. The number of ether oxygens (including phenoxy) is 1. The van der Waals surface area contributed by atoms with Gasteiger partial charge < -0.3 is 25.6 Å². The Morgan fingerprint density at radius 3 is 2.44 bits per heavy atom. The van der Waals surface area contributed by atoms with Gasteiger partial charge in [-0.3, -0.25) is 0 Å². The summed E-state index contributed by atoms with van der Waals surface area (Å²) in [7, 11) is 1.55. The monoisotopic (exact) mass is 260 g/mol. The maximum atomic E-state index is 11.7. The molecule has 1 aliphatic rings. The molecule has 0 saturated heterocycles. The van der Waals surface area contributed by atoms with E-state index < -0.39 is 18.2 Å². The van der Waals surface area contributed by atoms with Crippen molar-refractivity contribution < 1.29 is 19.7 Å². The standard InChI is InChI=1S/C12H24N2O4/c1-12(2,3)14-11(17)13-8-5-7(6-18-4)9(15)10(8)16/h7-10,15-16H,5-6H2,1-4H3,(H2,13,14,17)/t7-,8-,9-,10+/m1/s1. The van der Waals surface area contributed by atoms with Crippen molar-refractivity contribution in [2.24, 2.45) is 5.92 Å². The minimum atomic E-state index is -0.948. The Morgan fingerprint density at radius 2 is 1.94 bits per heavy atom. The van der Waals surface area contributed by atoms with Crippen LogP contribution in [0.5, 0.6) is 0 Å². The third-order valence-corrected chi connectivity index (χ3v) is 2.99. The first-order chi connectivity index (χ1) is 8.24. The van der Waals surface area contributed by atoms with E-state index in [1.165, 1.54) is 0 Å². The Kier molecular flexibility index (Phi) is 4.95. The van der Waals surface area contributed by atoms with E-state index in [1.54, 1.807) is 7.11 Å². The van der Waals surface area contributed by atoms with Gasteiger partial charge in [0.1, 0.15) is 6.10 Å². The van der Waals surface area contributed by atoms with Gasteiger partial charge in [-0.05, 0) is 27.2 Å². The average molecular weight is 260 g/mol. The normalized spacial score (nSPS) is 32.3. The number of nitrogens with one attached hydrogen (secondary N) is 2. The average Bonchev–Trinajstić information content (AvgIpc) is 2.45. The highest BCUT2D eigenvalue weighted by molar-refractivity contribution is 5.75. The molecule has 0 aromatic rings. The highest BCUT2D eigenvalue weighted by Crippen LogP contribution is 2.27. The number of aliphatic hydroxyl groups excluding tert-OH is 2. The smallest absolute Gasteiger partial charge is 0.315 e. The second-order valence-corrected chi connectivity index (χ2v) is 5.89. The molecule has 1 rings (SSSR count). The predicted molar refractivity (Wildman–Crippen MR) is 67.2 cm³/mol. The lowest BCUT2D eigenvalue weighted by Gasteiger charge is -2.24. The highest BCUT2D eigenvalue weighted by Gasteiger charge is 2.42. The van der Waals surface area contributed by atoms with E-state index in [0.717, 1.165) is 0 Å². The van der Waals surface area contributed by atoms with Crippen LogP contribution in [0.4, 0.5) is 4.79 Å². The molecule has 0 aromatic heterocycles. The molecule has 0 bridgehead atoms. The number of methoxy groups -OCH3 is 1. The zero-order valence-electron chi connectivity index (χ0n) is 11.4. The van der Waals surface area contributed by atoms with Crippen LogP contribution in [0, 0.1) is 5.92 Å². The molecule has 6 nitrogen and oxygen atoms in total. The topological polar surface area (TPSA) is 90.8 Å². The summed E-state index contributed by atoms with van der Waals surface area (Å²) in [6.07, 6.45) is -1.30. The van der Waals surface area contributed by atoms with Gasteiger partial charge >= 0.3 is 6.03 Å². The summed E-state index contributed by atoms with van der Waals surface area (Å²) >= 11 is 0. The summed E-state index contributed by atoms with van der Waals surface area (Å²) in [4.78, 5) is 11.7. The summed E-state index contributed by atoms with van der Waals surface area (Å²) < 4.78 is 4.98. The lowest BCUT2D eigenvalue weighted by Crippen LogP contribution is -2.52. The van der Waals surface area contributed by atoms with Crippen molar-refractivity contribution in [1.82, 2.24) is 10.6 Å². The lowest BCUT2D eigenvalue weighted by atomic mass is 10.1. The Balaban J connectivity index is 2.50. The van der Waals surface area contributed by atoms with Gasteiger partial charge in [-0.1, -0.05) is 0 Å². The van der Waals surface area contributed by atoms with Gasteiger partial charge in [-0.25, -0.2) is 4.79 Å². The number of carbonyl (C=O) groups excluding carboxylic acids is 1. The van der Waals surface area contributed by atoms with Crippen LogP contribution in [0.2, 0.25) is 0 Å². The van der Waals surface area contributed by atoms with E-state index >= 15 is 0 Å². The minimum absolute atomic E-state index is 0.148. The summed E-state index contributed by atoms with van der Waals surface area (Å²) in [6.45, 7) is 6.00. The Hall–Kier alpha value is -0.850. The number of urea groups is 1. The SMILES string of the molecule is COC[C@H]1C[C@@H](NC(=O)NC(C)(C)C)[C@H](O)[C@@H]1O.